The van der Waals surface area contributed by atoms with Gasteiger partial charge >= 0.3 is 0 Å². The lowest BCUT2D eigenvalue weighted by Crippen LogP contribution is -2.02. The van der Waals surface area contributed by atoms with E-state index in [4.69, 9.17) is 11.6 Å². The van der Waals surface area contributed by atoms with Crippen molar-refractivity contribution in [2.24, 2.45) is 0 Å². The Bertz CT molecular complexity index is 1180. The van der Waals surface area contributed by atoms with Crippen LogP contribution in [0.25, 0.3) is 21.1 Å². The van der Waals surface area contributed by atoms with Gasteiger partial charge in [0.15, 0.2) is 5.78 Å². The maximum Gasteiger partial charge on any atom is 0.173 e. The van der Waals surface area contributed by atoms with Crippen LogP contribution in [0.3, 0.4) is 0 Å². The molecule has 2 aromatic carbocycles. The zero-order chi connectivity index (χ0) is 21.1. The molecule has 0 fully saturated rings. The minimum atomic E-state index is -0.277. The number of aryl methyl sites for hydroxylation is 1. The number of rotatable bonds is 6. The Kier molecular flexibility index (Phi) is 6.22. The van der Waals surface area contributed by atoms with E-state index in [1.807, 2.05) is 19.1 Å². The van der Waals surface area contributed by atoms with Gasteiger partial charge in [0.25, 0.3) is 0 Å². The molecule has 0 spiro atoms. The molecule has 0 N–H and O–H groups in total. The van der Waals surface area contributed by atoms with Gasteiger partial charge < -0.3 is 0 Å². The fourth-order valence-corrected chi connectivity index (χ4v) is 4.60. The van der Waals surface area contributed by atoms with Crippen molar-refractivity contribution in [3.63, 3.8) is 0 Å². The van der Waals surface area contributed by atoms with E-state index in [1.165, 1.54) is 35.2 Å². The van der Waals surface area contributed by atoms with Crippen molar-refractivity contribution in [2.75, 3.05) is 5.75 Å². The molecular formula is C22H15ClFN3OS2. The molecule has 0 saturated carbocycles. The Hall–Kier alpha value is -2.61. The fourth-order valence-electron chi connectivity index (χ4n) is 2.73. The van der Waals surface area contributed by atoms with Crippen molar-refractivity contribution in [2.45, 2.75) is 11.9 Å². The Balaban J connectivity index is 1.45. The van der Waals surface area contributed by atoms with Crippen LogP contribution in [0.15, 0.2) is 65.7 Å². The SMILES string of the molecule is Cc1nc(-c2ccc(F)cc2)sc1-c1ccc(SCC(=O)c2ccc(Cl)cc2)nn1. The van der Waals surface area contributed by atoms with Crippen molar-refractivity contribution >= 4 is 40.5 Å². The molecule has 0 saturated heterocycles. The van der Waals surface area contributed by atoms with Gasteiger partial charge in [-0.25, -0.2) is 9.37 Å². The number of hydrogen-bond acceptors (Lipinski definition) is 6. The second-order valence-electron chi connectivity index (χ2n) is 6.42. The summed E-state index contributed by atoms with van der Waals surface area (Å²) in [5.74, 6) is -0.00484. The number of aromatic nitrogens is 3. The topological polar surface area (TPSA) is 55.7 Å². The third-order valence-electron chi connectivity index (χ3n) is 4.28. The third kappa shape index (κ3) is 4.75. The maximum absolute atomic E-state index is 13.2. The van der Waals surface area contributed by atoms with E-state index < -0.39 is 0 Å². The quantitative estimate of drug-likeness (QED) is 0.250. The molecule has 0 aliphatic heterocycles. The van der Waals surface area contributed by atoms with Crippen molar-refractivity contribution in [3.8, 4) is 21.1 Å². The second-order valence-corrected chi connectivity index (χ2v) is 8.85. The first kappa shape index (κ1) is 20.7. The first-order valence-corrected chi connectivity index (χ1v) is 11.2. The number of Topliss-reactive ketones (excluding diaryl/α,β-unsaturated/α-hetero) is 1. The number of hydrogen-bond donors (Lipinski definition) is 0. The lowest BCUT2D eigenvalue weighted by atomic mass is 10.1. The number of carbonyl (C=O) groups excluding carboxylic acids is 1. The Morgan fingerprint density at radius 1 is 1.03 bits per heavy atom. The predicted octanol–water partition coefficient (Wildman–Crippen LogP) is 6.34. The van der Waals surface area contributed by atoms with Crippen molar-refractivity contribution in [1.82, 2.24) is 15.2 Å². The molecule has 0 bridgehead atoms. The number of thioether (sulfide) groups is 1. The van der Waals surface area contributed by atoms with Gasteiger partial charge in [0.05, 0.1) is 16.3 Å². The lowest BCUT2D eigenvalue weighted by Gasteiger charge is -2.02. The summed E-state index contributed by atoms with van der Waals surface area (Å²) in [4.78, 5) is 17.8. The molecule has 0 aliphatic carbocycles. The number of thiazole rings is 1. The monoisotopic (exact) mass is 455 g/mol. The van der Waals surface area contributed by atoms with Crippen LogP contribution in [-0.4, -0.2) is 26.7 Å². The smallest absolute Gasteiger partial charge is 0.173 e. The third-order valence-corrected chi connectivity index (χ3v) is 6.68. The summed E-state index contributed by atoms with van der Waals surface area (Å²) < 4.78 is 13.2. The standard InChI is InChI=1S/C22H15ClFN3OS2/c1-13-21(30-22(25-13)15-4-8-17(24)9-5-15)18-10-11-20(27-26-18)29-12-19(28)14-2-6-16(23)7-3-14/h2-11H,12H2,1H3. The average Bonchev–Trinajstić information content (AvgIpc) is 3.15. The Morgan fingerprint density at radius 3 is 2.43 bits per heavy atom. The summed E-state index contributed by atoms with van der Waals surface area (Å²) >= 11 is 8.68. The zero-order valence-electron chi connectivity index (χ0n) is 15.8. The summed E-state index contributed by atoms with van der Waals surface area (Å²) in [5.41, 5.74) is 3.03. The zero-order valence-corrected chi connectivity index (χ0v) is 18.2. The second kappa shape index (κ2) is 9.04. The molecule has 4 nitrogen and oxygen atoms in total. The van der Waals surface area contributed by atoms with Crippen molar-refractivity contribution < 1.29 is 9.18 Å². The van der Waals surface area contributed by atoms with Gasteiger partial charge in [0.1, 0.15) is 21.5 Å². The highest BCUT2D eigenvalue weighted by molar-refractivity contribution is 7.99. The number of benzene rings is 2. The summed E-state index contributed by atoms with van der Waals surface area (Å²) in [7, 11) is 0. The largest absolute Gasteiger partial charge is 0.293 e. The summed E-state index contributed by atoms with van der Waals surface area (Å²) in [6, 6.07) is 16.8. The first-order chi connectivity index (χ1) is 14.5. The molecule has 8 heteroatoms. The van der Waals surface area contributed by atoms with E-state index in [0.29, 0.717) is 21.3 Å². The van der Waals surface area contributed by atoms with Gasteiger partial charge in [-0.3, -0.25) is 4.79 Å². The molecule has 2 heterocycles. The summed E-state index contributed by atoms with van der Waals surface area (Å²) in [6.45, 7) is 1.91. The average molecular weight is 456 g/mol. The Morgan fingerprint density at radius 2 is 1.77 bits per heavy atom. The number of nitrogens with zero attached hydrogens (tertiary/aromatic N) is 3. The molecule has 0 aliphatic rings. The fraction of sp³-hybridized carbons (Fsp3) is 0.0909. The molecule has 0 amide bonds. The van der Waals surface area contributed by atoms with E-state index in [0.717, 1.165) is 21.1 Å². The van der Waals surface area contributed by atoms with E-state index in [2.05, 4.69) is 15.2 Å². The highest BCUT2D eigenvalue weighted by Crippen LogP contribution is 2.34. The van der Waals surface area contributed by atoms with Crippen LogP contribution in [0, 0.1) is 12.7 Å². The van der Waals surface area contributed by atoms with Crippen LogP contribution >= 0.6 is 34.7 Å². The molecule has 4 rings (SSSR count). The van der Waals surface area contributed by atoms with Gasteiger partial charge in [-0.15, -0.1) is 21.5 Å². The molecular weight excluding hydrogens is 441 g/mol. The molecule has 0 atom stereocenters. The van der Waals surface area contributed by atoms with Crippen LogP contribution in [-0.2, 0) is 0 Å². The van der Waals surface area contributed by atoms with Gasteiger partial charge in [-0.1, -0.05) is 23.4 Å². The highest BCUT2D eigenvalue weighted by atomic mass is 35.5. The minimum absolute atomic E-state index is 0.00443. The van der Waals surface area contributed by atoms with Gasteiger partial charge in [0, 0.05) is 16.1 Å². The van der Waals surface area contributed by atoms with E-state index >= 15 is 0 Å². The van der Waals surface area contributed by atoms with E-state index in [9.17, 15) is 9.18 Å². The normalized spacial score (nSPS) is 10.9. The molecule has 0 unspecified atom stereocenters. The summed E-state index contributed by atoms with van der Waals surface area (Å²) in [5, 5.41) is 10.6. The van der Waals surface area contributed by atoms with Gasteiger partial charge in [-0.05, 0) is 67.6 Å². The molecule has 150 valence electrons. The van der Waals surface area contributed by atoms with E-state index in [1.54, 1.807) is 36.4 Å². The maximum atomic E-state index is 13.2. The van der Waals surface area contributed by atoms with Crippen molar-refractivity contribution in [1.29, 1.82) is 0 Å². The number of halogens is 2. The van der Waals surface area contributed by atoms with Crippen molar-refractivity contribution in [3.05, 3.63) is 82.8 Å². The highest BCUT2D eigenvalue weighted by Gasteiger charge is 2.14. The first-order valence-electron chi connectivity index (χ1n) is 8.98. The van der Waals surface area contributed by atoms with Crippen LogP contribution < -0.4 is 0 Å². The number of ketones is 1. The van der Waals surface area contributed by atoms with Crippen LogP contribution in [0.4, 0.5) is 4.39 Å². The summed E-state index contributed by atoms with van der Waals surface area (Å²) in [6.07, 6.45) is 0. The Labute approximate surface area is 186 Å². The number of carbonyl (C=O) groups is 1. The molecule has 0 radical (unpaired) electrons. The van der Waals surface area contributed by atoms with E-state index in [-0.39, 0.29) is 17.4 Å². The van der Waals surface area contributed by atoms with Gasteiger partial charge in [0.2, 0.25) is 0 Å². The molecule has 4 aromatic rings. The molecule has 2 aromatic heterocycles. The minimum Gasteiger partial charge on any atom is -0.293 e. The van der Waals surface area contributed by atoms with Crippen LogP contribution in [0.1, 0.15) is 16.1 Å². The predicted molar refractivity (Wildman–Crippen MR) is 120 cm³/mol. The van der Waals surface area contributed by atoms with Crippen LogP contribution in [0.5, 0.6) is 0 Å². The van der Waals surface area contributed by atoms with Gasteiger partial charge in [-0.2, -0.15) is 0 Å². The lowest BCUT2D eigenvalue weighted by molar-refractivity contribution is 0.102. The molecule has 30 heavy (non-hydrogen) atoms. The van der Waals surface area contributed by atoms with Crippen LogP contribution in [0.2, 0.25) is 5.02 Å².